The maximum atomic E-state index is 13.6. The Hall–Kier alpha value is -9.07. The summed E-state index contributed by atoms with van der Waals surface area (Å²) in [6, 6.07) is 49.5. The van der Waals surface area contributed by atoms with Gasteiger partial charge in [-0.05, 0) is 99.3 Å². The Morgan fingerprint density at radius 1 is 0.275 bits per heavy atom. The summed E-state index contributed by atoms with van der Waals surface area (Å²) in [6.07, 6.45) is 0. The Morgan fingerprint density at radius 3 is 0.637 bits per heavy atom. The van der Waals surface area contributed by atoms with Gasteiger partial charge in [0.05, 0.1) is 44.4 Å². The summed E-state index contributed by atoms with van der Waals surface area (Å²) in [7, 11) is 0. The number of aromatic nitrogens is 8. The molecule has 0 saturated heterocycles. The van der Waals surface area contributed by atoms with E-state index in [0.717, 1.165) is 55.6 Å². The van der Waals surface area contributed by atoms with Crippen LogP contribution in [0.15, 0.2) is 146 Å². The summed E-state index contributed by atoms with van der Waals surface area (Å²) in [5.41, 5.74) is 10.7. The summed E-state index contributed by atoms with van der Waals surface area (Å²) < 4.78 is 0. The van der Waals surface area contributed by atoms with E-state index in [4.69, 9.17) is 39.9 Å². The zero-order chi connectivity index (χ0) is 64.9. The van der Waals surface area contributed by atoms with E-state index in [9.17, 15) is 20.2 Å². The van der Waals surface area contributed by atoms with Crippen molar-refractivity contribution >= 4 is 56.3 Å². The van der Waals surface area contributed by atoms with E-state index in [1.807, 2.05) is 72.8 Å². The smallest absolute Gasteiger partial charge is 0.357 e. The monoisotopic (exact) mass is 1250 g/mol. The zero-order valence-corrected chi connectivity index (χ0v) is 56.3. The Bertz CT molecular complexity index is 4280. The van der Waals surface area contributed by atoms with E-state index >= 15 is 0 Å². The van der Waals surface area contributed by atoms with Crippen LogP contribution in [0, 0.1) is 20.2 Å². The second-order valence-corrected chi connectivity index (χ2v) is 29.9. The first-order valence-electron chi connectivity index (χ1n) is 30.7. The van der Waals surface area contributed by atoms with Gasteiger partial charge in [-0.15, -0.1) is 0 Å². The van der Waals surface area contributed by atoms with Crippen LogP contribution in [0.5, 0.6) is 0 Å². The summed E-state index contributed by atoms with van der Waals surface area (Å²) in [6.45, 7) is 38.8. The Morgan fingerprint density at radius 2 is 0.451 bits per heavy atom. The van der Waals surface area contributed by atoms with Crippen LogP contribution >= 0.6 is 0 Å². The molecule has 8 bridgehead atoms. The van der Waals surface area contributed by atoms with Crippen LogP contribution in [0.25, 0.3) is 67.1 Å². The van der Waals surface area contributed by atoms with Gasteiger partial charge in [0.15, 0.2) is 0 Å². The van der Waals surface area contributed by atoms with Gasteiger partial charge in [-0.25, -0.2) is 9.97 Å². The average molecular weight is 1250 g/mol. The van der Waals surface area contributed by atoms with Gasteiger partial charge in [-0.3, -0.25) is 20.2 Å². The van der Waals surface area contributed by atoms with Crippen LogP contribution in [0.4, 0.5) is 11.4 Å². The summed E-state index contributed by atoms with van der Waals surface area (Å²) in [5.74, 6) is 0.351. The molecule has 0 amide bonds. The molecular formula is C76H78N10NiO4. The van der Waals surface area contributed by atoms with Crippen molar-refractivity contribution in [2.75, 3.05) is 0 Å². The molecule has 6 aromatic carbocycles. The molecular weight excluding hydrogens is 1180 g/mol. The molecule has 466 valence electrons. The zero-order valence-electron chi connectivity index (χ0n) is 55.3. The van der Waals surface area contributed by atoms with Crippen molar-refractivity contribution in [1.82, 2.24) is 39.9 Å². The fourth-order valence-electron chi connectivity index (χ4n) is 11.6. The molecule has 0 saturated carbocycles. The van der Waals surface area contributed by atoms with Crippen molar-refractivity contribution < 1.29 is 26.3 Å². The van der Waals surface area contributed by atoms with Gasteiger partial charge in [0, 0.05) is 44.7 Å². The third-order valence-corrected chi connectivity index (χ3v) is 17.0. The quantitative estimate of drug-likeness (QED) is 0.0795. The number of fused-ring (bicyclic) bond motifs is 8. The maximum absolute atomic E-state index is 13.6. The predicted octanol–water partition coefficient (Wildman–Crippen LogP) is 18.1. The van der Waals surface area contributed by atoms with Crippen LogP contribution in [0.3, 0.4) is 0 Å². The van der Waals surface area contributed by atoms with E-state index in [0.29, 0.717) is 44.5 Å². The third kappa shape index (κ3) is 12.7. The van der Waals surface area contributed by atoms with Crippen LogP contribution in [-0.2, 0) is 49.0 Å². The molecule has 0 atom stereocenters. The first-order chi connectivity index (χ1) is 42.0. The number of rotatable bonds is 8. The molecule has 15 heteroatoms. The summed E-state index contributed by atoms with van der Waals surface area (Å²) in [5, 5.41) is 27.2. The molecule has 0 N–H and O–H groups in total. The minimum atomic E-state index is -0.953. The predicted molar refractivity (Wildman–Crippen MR) is 362 cm³/mol. The van der Waals surface area contributed by atoms with Crippen molar-refractivity contribution in [2.45, 2.75) is 157 Å². The van der Waals surface area contributed by atoms with E-state index in [1.165, 1.54) is 0 Å². The van der Waals surface area contributed by atoms with Crippen molar-refractivity contribution in [3.63, 3.8) is 0 Å². The average Bonchev–Trinajstić information content (AvgIpc) is 1.60. The molecule has 3 aromatic heterocycles. The second-order valence-electron chi connectivity index (χ2n) is 29.9. The van der Waals surface area contributed by atoms with Gasteiger partial charge < -0.3 is 29.9 Å². The molecule has 2 aliphatic heterocycles. The van der Waals surface area contributed by atoms with Crippen LogP contribution in [-0.4, -0.2) is 39.8 Å². The SMILES string of the molecule is CC(C)(C)c1ccc(C2=C(c3ccc(C(C)(C)C)cc3)c3nc2nc2[n-]c(nc4nc(nc5[n-]c(n3)c([N+](=O)[O-])c5[N+](=O)[O-])C(c3ccc(C(C)(C)C)cc3)=C4c3ccc(C(C)(C)C)cc3)c(-c3ccc(C(C)(C)C)cc3)c2-c2ccc(C(C)(C)C)cc2)cc1.[Ni+2]. The minimum Gasteiger partial charge on any atom is -0.357 e. The standard InChI is InChI=1S/C76H78N10O4.Ni/c1-71(2,3)49-31-19-43(20-32-49)55-56(44-21-33-50(34-22-44)72(4,5)6)64-77-63(55)78-65-57(45-23-35-51(36-24-45)73(7,8)9)59(47-27-39-53(40-28-47)75(13,14)15)67(80-65)82-69-61(85(87)88)62(86(89)90)70(84-69)83-68-60(48-29-41-54(42-30-48)76(16,17)18)58(66(79-64)81-68)46-25-37-52(38-26-46)74(10,11)12;/h19-42H,1-18H3;/q-2;+2. The molecule has 5 heterocycles. The molecule has 0 aliphatic carbocycles. The first kappa shape index (κ1) is 64.9. The third-order valence-electron chi connectivity index (χ3n) is 17.0. The normalized spacial score (nSPS) is 13.4. The van der Waals surface area contributed by atoms with E-state index in [-0.39, 0.29) is 83.6 Å². The van der Waals surface area contributed by atoms with E-state index < -0.39 is 32.5 Å². The van der Waals surface area contributed by atoms with Crippen LogP contribution < -0.4 is 9.97 Å². The largest absolute Gasteiger partial charge is 2.00 e. The topological polar surface area (TPSA) is 192 Å². The van der Waals surface area contributed by atoms with Gasteiger partial charge in [-0.2, -0.15) is 0 Å². The molecule has 0 fully saturated rings. The van der Waals surface area contributed by atoms with Gasteiger partial charge in [0.2, 0.25) is 0 Å². The number of nitrogens with zero attached hydrogens (tertiary/aromatic N) is 10. The summed E-state index contributed by atoms with van der Waals surface area (Å²) >= 11 is 0. The second kappa shape index (κ2) is 23.3. The van der Waals surface area contributed by atoms with E-state index in [1.54, 1.807) is 0 Å². The van der Waals surface area contributed by atoms with Gasteiger partial charge in [0.25, 0.3) is 0 Å². The number of nitro groups is 2. The van der Waals surface area contributed by atoms with Gasteiger partial charge in [0.1, 0.15) is 0 Å². The van der Waals surface area contributed by atoms with Crippen molar-refractivity contribution in [3.05, 3.63) is 245 Å². The Balaban J connectivity index is 0.00000909. The summed E-state index contributed by atoms with van der Waals surface area (Å²) in [4.78, 5) is 67.6. The molecule has 0 spiro atoms. The molecule has 11 rings (SSSR count). The number of hydrogen-bond acceptors (Lipinski definition) is 10. The fourth-order valence-corrected chi connectivity index (χ4v) is 11.6. The Labute approximate surface area is 543 Å². The van der Waals surface area contributed by atoms with Crippen molar-refractivity contribution in [3.8, 4) is 22.3 Å². The molecule has 2 aliphatic rings. The molecule has 0 radical (unpaired) electrons. The maximum Gasteiger partial charge on any atom is 2.00 e. The molecule has 0 unspecified atom stereocenters. The van der Waals surface area contributed by atoms with Gasteiger partial charge >= 0.3 is 27.9 Å². The Kier molecular flexibility index (Phi) is 16.6. The fraction of sp³-hybridized carbons (Fsp3) is 0.316. The molecule has 9 aromatic rings. The minimum absolute atomic E-state index is 0. The first-order valence-corrected chi connectivity index (χ1v) is 30.7. The van der Waals surface area contributed by atoms with Gasteiger partial charge in [-0.1, -0.05) is 270 Å². The van der Waals surface area contributed by atoms with Crippen molar-refractivity contribution in [2.24, 2.45) is 0 Å². The van der Waals surface area contributed by atoms with E-state index in [2.05, 4.69) is 197 Å². The molecule has 14 nitrogen and oxygen atoms in total. The van der Waals surface area contributed by atoms with Crippen LogP contribution in [0.2, 0.25) is 0 Å². The number of benzene rings is 6. The van der Waals surface area contributed by atoms with Crippen molar-refractivity contribution in [1.29, 1.82) is 0 Å². The van der Waals surface area contributed by atoms with Crippen LogP contribution in [0.1, 0.15) is 204 Å². The molecule has 91 heavy (non-hydrogen) atoms. The number of hydrogen-bond donors (Lipinski definition) is 0.